The number of benzene rings is 2. The molecule has 7 nitrogen and oxygen atoms in total. The third-order valence-corrected chi connectivity index (χ3v) is 5.80. The van der Waals surface area contributed by atoms with Crippen molar-refractivity contribution in [1.82, 2.24) is 0 Å². The molecule has 2 aromatic rings. The molecule has 31 heavy (non-hydrogen) atoms. The van der Waals surface area contributed by atoms with Gasteiger partial charge in [-0.2, -0.15) is 13.2 Å². The number of nitrogens with one attached hydrogen (secondary N) is 1. The molecular weight excluding hydrogens is 459 g/mol. The normalized spacial score (nSPS) is 14.1. The molecule has 0 bridgehead atoms. The fourth-order valence-electron chi connectivity index (χ4n) is 3.01. The number of halogens is 4. The number of carbonyl (C=O) groups is 2. The summed E-state index contributed by atoms with van der Waals surface area (Å²) in [6.45, 7) is 0.562. The van der Waals surface area contributed by atoms with E-state index < -0.39 is 28.3 Å². The lowest BCUT2D eigenvalue weighted by Gasteiger charge is -2.18. The smallest absolute Gasteiger partial charge is 0.325 e. The summed E-state index contributed by atoms with van der Waals surface area (Å²) in [6.07, 6.45) is -3.53. The van der Waals surface area contributed by atoms with Gasteiger partial charge in [0, 0.05) is 24.7 Å². The van der Waals surface area contributed by atoms with E-state index in [0.29, 0.717) is 30.4 Å². The van der Waals surface area contributed by atoms with Crippen LogP contribution in [0.3, 0.4) is 0 Å². The van der Waals surface area contributed by atoms with Crippen LogP contribution in [0.2, 0.25) is 5.02 Å². The summed E-state index contributed by atoms with van der Waals surface area (Å²) in [5.41, 5.74) is -0.973. The molecule has 0 aliphatic carbocycles. The van der Waals surface area contributed by atoms with Crippen molar-refractivity contribution in [2.24, 2.45) is 0 Å². The van der Waals surface area contributed by atoms with Crippen LogP contribution in [0.4, 0.5) is 30.2 Å². The number of anilines is 2. The Morgan fingerprint density at radius 1 is 1.26 bits per heavy atom. The molecule has 0 radical (unpaired) electrons. The second-order valence-corrected chi connectivity index (χ2v) is 8.01. The van der Waals surface area contributed by atoms with E-state index in [1.807, 2.05) is 0 Å². The van der Waals surface area contributed by atoms with Crippen LogP contribution in [-0.2, 0) is 15.8 Å². The summed E-state index contributed by atoms with van der Waals surface area (Å²) in [5.74, 6) is -0.829. The van der Waals surface area contributed by atoms with E-state index in [9.17, 15) is 32.9 Å². The van der Waals surface area contributed by atoms with Gasteiger partial charge in [-0.25, -0.2) is 0 Å². The maximum absolute atomic E-state index is 12.8. The quantitative estimate of drug-likeness (QED) is 0.357. The van der Waals surface area contributed by atoms with Crippen LogP contribution >= 0.6 is 23.4 Å². The van der Waals surface area contributed by atoms with Crippen LogP contribution < -0.4 is 10.2 Å². The molecule has 0 spiro atoms. The third-order valence-electron chi connectivity index (χ3n) is 4.44. The first-order valence-corrected chi connectivity index (χ1v) is 10.3. The van der Waals surface area contributed by atoms with Crippen LogP contribution in [0, 0.1) is 10.1 Å². The minimum absolute atomic E-state index is 0.0341. The lowest BCUT2D eigenvalue weighted by atomic mass is 10.2. The summed E-state index contributed by atoms with van der Waals surface area (Å²) < 4.78 is 38.3. The molecule has 1 heterocycles. The number of hydrogen-bond donors (Lipinski definition) is 1. The highest BCUT2D eigenvalue weighted by atomic mass is 35.5. The zero-order valence-electron chi connectivity index (χ0n) is 15.7. The molecule has 1 saturated heterocycles. The van der Waals surface area contributed by atoms with Crippen molar-refractivity contribution >= 4 is 52.2 Å². The first-order chi connectivity index (χ1) is 14.6. The molecule has 1 aliphatic rings. The number of nitro groups is 1. The van der Waals surface area contributed by atoms with Gasteiger partial charge in [0.15, 0.2) is 0 Å². The number of nitro benzene ring substituents is 1. The van der Waals surface area contributed by atoms with Crippen molar-refractivity contribution < 1.29 is 27.7 Å². The highest BCUT2D eigenvalue weighted by molar-refractivity contribution is 8.00. The molecule has 12 heteroatoms. The Labute approximate surface area is 183 Å². The largest absolute Gasteiger partial charge is 0.416 e. The molecule has 1 fully saturated rings. The molecule has 0 aromatic heterocycles. The molecule has 0 atom stereocenters. The lowest BCUT2D eigenvalue weighted by Crippen LogP contribution is -2.24. The van der Waals surface area contributed by atoms with Crippen molar-refractivity contribution in [3.8, 4) is 0 Å². The van der Waals surface area contributed by atoms with Crippen LogP contribution in [0.5, 0.6) is 0 Å². The van der Waals surface area contributed by atoms with Gasteiger partial charge in [-0.15, -0.1) is 11.8 Å². The number of nitrogens with zero attached hydrogens (tertiary/aromatic N) is 2. The maximum atomic E-state index is 12.8. The lowest BCUT2D eigenvalue weighted by molar-refractivity contribution is -0.388. The fourth-order valence-corrected chi connectivity index (χ4v) is 4.09. The van der Waals surface area contributed by atoms with Crippen LogP contribution in [0.1, 0.15) is 18.4 Å². The second-order valence-electron chi connectivity index (χ2n) is 6.59. The summed E-state index contributed by atoms with van der Waals surface area (Å²) >= 11 is 6.96. The molecule has 164 valence electrons. The zero-order valence-corrected chi connectivity index (χ0v) is 17.3. The van der Waals surface area contributed by atoms with Crippen molar-refractivity contribution in [2.75, 3.05) is 22.5 Å². The monoisotopic (exact) mass is 473 g/mol. The van der Waals surface area contributed by atoms with Gasteiger partial charge in [-0.3, -0.25) is 19.7 Å². The molecular formula is C19H15ClF3N3O4S. The van der Waals surface area contributed by atoms with Gasteiger partial charge in [-0.1, -0.05) is 11.6 Å². The van der Waals surface area contributed by atoms with Gasteiger partial charge in [0.25, 0.3) is 5.69 Å². The van der Waals surface area contributed by atoms with Gasteiger partial charge in [0.1, 0.15) is 0 Å². The molecule has 2 amide bonds. The summed E-state index contributed by atoms with van der Waals surface area (Å²) in [5, 5.41) is 14.0. The molecule has 3 rings (SSSR count). The minimum atomic E-state index is -4.71. The van der Waals surface area contributed by atoms with E-state index in [1.165, 1.54) is 6.07 Å². The second kappa shape index (κ2) is 9.15. The van der Waals surface area contributed by atoms with Crippen LogP contribution in [-0.4, -0.2) is 29.0 Å². The van der Waals surface area contributed by atoms with Gasteiger partial charge < -0.3 is 10.2 Å². The summed E-state index contributed by atoms with van der Waals surface area (Å²) in [4.78, 5) is 35.8. The van der Waals surface area contributed by atoms with E-state index in [2.05, 4.69) is 5.32 Å². The maximum Gasteiger partial charge on any atom is 0.416 e. The first-order valence-electron chi connectivity index (χ1n) is 8.94. The topological polar surface area (TPSA) is 92.5 Å². The van der Waals surface area contributed by atoms with Gasteiger partial charge in [0.2, 0.25) is 11.8 Å². The first kappa shape index (κ1) is 22.9. The average Bonchev–Trinajstić information content (AvgIpc) is 3.11. The zero-order chi connectivity index (χ0) is 22.8. The Morgan fingerprint density at radius 2 is 2.00 bits per heavy atom. The van der Waals surface area contributed by atoms with E-state index >= 15 is 0 Å². The standard InChI is InChI=1S/C19H15ClF3N3O4S/c20-13-9-12(4-5-14(13)25-7-1-2-18(25)28)24-17(27)10-31-16-6-3-11(19(21,22)23)8-15(16)26(29)30/h3-6,8-9H,1-2,7,10H2,(H,24,27). The molecule has 1 aliphatic heterocycles. The van der Waals surface area contributed by atoms with E-state index in [-0.39, 0.29) is 21.6 Å². The van der Waals surface area contributed by atoms with Crippen molar-refractivity contribution in [1.29, 1.82) is 0 Å². The Hall–Kier alpha value is -2.79. The third kappa shape index (κ3) is 5.47. The summed E-state index contributed by atoms with van der Waals surface area (Å²) in [7, 11) is 0. The van der Waals surface area contributed by atoms with Crippen molar-refractivity contribution in [3.05, 3.63) is 57.1 Å². The molecule has 1 N–H and O–H groups in total. The Morgan fingerprint density at radius 3 is 2.58 bits per heavy atom. The summed E-state index contributed by atoms with van der Waals surface area (Å²) in [6, 6.07) is 6.79. The minimum Gasteiger partial charge on any atom is -0.325 e. The van der Waals surface area contributed by atoms with Gasteiger partial charge >= 0.3 is 6.18 Å². The predicted molar refractivity (Wildman–Crippen MR) is 110 cm³/mol. The number of thioether (sulfide) groups is 1. The molecule has 0 unspecified atom stereocenters. The highest BCUT2D eigenvalue weighted by Crippen LogP contribution is 2.37. The predicted octanol–water partition coefficient (Wildman–Crippen LogP) is 5.12. The average molecular weight is 474 g/mol. The Balaban J connectivity index is 1.66. The van der Waals surface area contributed by atoms with E-state index in [1.54, 1.807) is 17.0 Å². The van der Waals surface area contributed by atoms with Crippen LogP contribution in [0.15, 0.2) is 41.3 Å². The van der Waals surface area contributed by atoms with Crippen molar-refractivity contribution in [2.45, 2.75) is 23.9 Å². The number of alkyl halides is 3. The van der Waals surface area contributed by atoms with E-state index in [4.69, 9.17) is 11.6 Å². The number of hydrogen-bond acceptors (Lipinski definition) is 5. The molecule has 2 aromatic carbocycles. The van der Waals surface area contributed by atoms with Crippen LogP contribution in [0.25, 0.3) is 0 Å². The number of rotatable bonds is 6. The van der Waals surface area contributed by atoms with E-state index in [0.717, 1.165) is 30.3 Å². The Kier molecular flexibility index (Phi) is 6.75. The molecule has 0 saturated carbocycles. The SMILES string of the molecule is O=C(CSc1ccc(C(F)(F)F)cc1[N+](=O)[O-])Nc1ccc(N2CCCC2=O)c(Cl)c1. The fraction of sp³-hybridized carbons (Fsp3) is 0.263. The van der Waals surface area contributed by atoms with Gasteiger partial charge in [-0.05, 0) is 36.8 Å². The van der Waals surface area contributed by atoms with Crippen molar-refractivity contribution in [3.63, 3.8) is 0 Å². The highest BCUT2D eigenvalue weighted by Gasteiger charge is 2.33. The number of carbonyl (C=O) groups excluding carboxylic acids is 2. The number of amides is 2. The van der Waals surface area contributed by atoms with Gasteiger partial charge in [0.05, 0.1) is 31.8 Å². The Bertz CT molecular complexity index is 1050.